The van der Waals surface area contributed by atoms with Crippen molar-refractivity contribution in [2.75, 3.05) is 0 Å². The first-order chi connectivity index (χ1) is 10.6. The first-order valence-electron chi connectivity index (χ1n) is 6.99. The zero-order chi connectivity index (χ0) is 15.5. The highest BCUT2D eigenvalue weighted by Crippen LogP contribution is 2.17. The average Bonchev–Trinajstić information content (AvgIpc) is 2.89. The Labute approximate surface area is 134 Å². The van der Waals surface area contributed by atoms with E-state index in [0.29, 0.717) is 10.6 Å². The molecule has 5 heteroatoms. The number of aryl methyl sites for hydroxylation is 2. The van der Waals surface area contributed by atoms with E-state index in [9.17, 15) is 0 Å². The molecule has 0 saturated heterocycles. The molecule has 0 spiro atoms. The molecule has 0 amide bonds. The molecule has 0 aliphatic rings. The Morgan fingerprint density at radius 2 is 1.59 bits per heavy atom. The molecule has 0 saturated carbocycles. The van der Waals surface area contributed by atoms with Gasteiger partial charge in [0.2, 0.25) is 4.77 Å². The Kier molecular flexibility index (Phi) is 3.98. The third-order valence-corrected chi connectivity index (χ3v) is 3.62. The van der Waals surface area contributed by atoms with E-state index in [1.54, 1.807) is 10.9 Å². The molecular formula is C17H16N4S. The van der Waals surface area contributed by atoms with Gasteiger partial charge in [0.25, 0.3) is 0 Å². The summed E-state index contributed by atoms with van der Waals surface area (Å²) in [5.74, 6) is 0.702. The summed E-state index contributed by atoms with van der Waals surface area (Å²) in [6, 6.07) is 16.3. The third-order valence-electron chi connectivity index (χ3n) is 3.36. The van der Waals surface area contributed by atoms with E-state index in [0.717, 1.165) is 11.1 Å². The number of rotatable bonds is 3. The molecule has 1 heterocycles. The summed E-state index contributed by atoms with van der Waals surface area (Å²) in [5, 5.41) is 11.5. The molecule has 0 aliphatic heterocycles. The number of aromatic amines is 1. The summed E-state index contributed by atoms with van der Waals surface area (Å²) in [6.45, 7) is 4.11. The normalized spacial score (nSPS) is 11.2. The highest BCUT2D eigenvalue weighted by molar-refractivity contribution is 7.71. The number of nitrogens with zero attached hydrogens (tertiary/aromatic N) is 3. The summed E-state index contributed by atoms with van der Waals surface area (Å²) in [5.41, 5.74) is 4.41. The Bertz CT molecular complexity index is 855. The third kappa shape index (κ3) is 3.04. The van der Waals surface area contributed by atoms with E-state index < -0.39 is 0 Å². The molecule has 0 radical (unpaired) electrons. The van der Waals surface area contributed by atoms with Crippen molar-refractivity contribution in [3.05, 3.63) is 70.0 Å². The van der Waals surface area contributed by atoms with Gasteiger partial charge in [0.05, 0.1) is 6.21 Å². The zero-order valence-electron chi connectivity index (χ0n) is 12.4. The first-order valence-corrected chi connectivity index (χ1v) is 7.40. The fraction of sp³-hybridized carbons (Fsp3) is 0.118. The van der Waals surface area contributed by atoms with Gasteiger partial charge in [0.1, 0.15) is 0 Å². The fourth-order valence-electron chi connectivity index (χ4n) is 2.07. The molecule has 3 rings (SSSR count). The molecule has 2 aromatic carbocycles. The van der Waals surface area contributed by atoms with Crippen LogP contribution in [0, 0.1) is 18.6 Å². The highest BCUT2D eigenvalue weighted by Gasteiger charge is 2.07. The molecule has 1 N–H and O–H groups in total. The lowest BCUT2D eigenvalue weighted by molar-refractivity contribution is 0.871. The van der Waals surface area contributed by atoms with E-state index in [2.05, 4.69) is 41.3 Å². The van der Waals surface area contributed by atoms with Gasteiger partial charge in [0.15, 0.2) is 5.82 Å². The highest BCUT2D eigenvalue weighted by atomic mass is 32.1. The van der Waals surface area contributed by atoms with Crippen LogP contribution in [-0.4, -0.2) is 21.1 Å². The van der Waals surface area contributed by atoms with Crippen molar-refractivity contribution in [3.63, 3.8) is 0 Å². The van der Waals surface area contributed by atoms with Crippen LogP contribution in [0.15, 0.2) is 53.6 Å². The Morgan fingerprint density at radius 3 is 2.23 bits per heavy atom. The first kappa shape index (κ1) is 14.4. The monoisotopic (exact) mass is 308 g/mol. The van der Waals surface area contributed by atoms with Crippen LogP contribution in [-0.2, 0) is 0 Å². The largest absolute Gasteiger partial charge is 0.250 e. The average molecular weight is 308 g/mol. The van der Waals surface area contributed by atoms with E-state index in [1.165, 1.54) is 11.1 Å². The summed E-state index contributed by atoms with van der Waals surface area (Å²) in [7, 11) is 0. The van der Waals surface area contributed by atoms with Crippen LogP contribution in [0.3, 0.4) is 0 Å². The van der Waals surface area contributed by atoms with Crippen LogP contribution in [0.1, 0.15) is 16.7 Å². The maximum absolute atomic E-state index is 5.27. The van der Waals surface area contributed by atoms with Gasteiger partial charge in [-0.05, 0) is 31.6 Å². The quantitative estimate of drug-likeness (QED) is 0.584. The SMILES string of the molecule is Cc1ccc(/C=N/n2c(-c3ccc(C)cc3)n[nH]c2=S)cc1. The van der Waals surface area contributed by atoms with Gasteiger partial charge in [-0.15, -0.1) is 0 Å². The number of H-pyrrole nitrogens is 1. The predicted molar refractivity (Wildman–Crippen MR) is 91.8 cm³/mol. The number of benzene rings is 2. The maximum atomic E-state index is 5.27. The Hall–Kier alpha value is -2.53. The van der Waals surface area contributed by atoms with Gasteiger partial charge in [-0.25, -0.2) is 5.10 Å². The van der Waals surface area contributed by atoms with Crippen molar-refractivity contribution >= 4 is 18.4 Å². The van der Waals surface area contributed by atoms with Crippen LogP contribution in [0.25, 0.3) is 11.4 Å². The molecule has 0 atom stereocenters. The number of nitrogens with one attached hydrogen (secondary N) is 1. The van der Waals surface area contributed by atoms with Crippen molar-refractivity contribution in [1.29, 1.82) is 0 Å². The molecule has 4 nitrogen and oxygen atoms in total. The van der Waals surface area contributed by atoms with Gasteiger partial charge >= 0.3 is 0 Å². The van der Waals surface area contributed by atoms with Gasteiger partial charge in [-0.2, -0.15) is 14.9 Å². The molecule has 0 bridgehead atoms. The zero-order valence-corrected chi connectivity index (χ0v) is 13.3. The second-order valence-electron chi connectivity index (χ2n) is 5.19. The van der Waals surface area contributed by atoms with Crippen molar-refractivity contribution in [2.45, 2.75) is 13.8 Å². The standard InChI is InChI=1S/C17H16N4S/c1-12-3-7-14(8-4-12)11-18-21-16(19-20-17(21)22)15-9-5-13(2)6-10-15/h3-11H,1-2H3,(H,20,22)/b18-11+. The van der Waals surface area contributed by atoms with Gasteiger partial charge < -0.3 is 0 Å². The van der Waals surface area contributed by atoms with Crippen molar-refractivity contribution < 1.29 is 0 Å². The minimum Gasteiger partial charge on any atom is -0.250 e. The van der Waals surface area contributed by atoms with Crippen LogP contribution < -0.4 is 0 Å². The lowest BCUT2D eigenvalue weighted by Crippen LogP contribution is -1.95. The summed E-state index contributed by atoms with van der Waals surface area (Å²) < 4.78 is 2.11. The maximum Gasteiger partial charge on any atom is 0.216 e. The number of hydrogen-bond acceptors (Lipinski definition) is 3. The molecule has 1 aromatic heterocycles. The molecule has 3 aromatic rings. The van der Waals surface area contributed by atoms with Crippen molar-refractivity contribution in [2.24, 2.45) is 5.10 Å². The second kappa shape index (κ2) is 6.07. The van der Waals surface area contributed by atoms with Crippen molar-refractivity contribution in [1.82, 2.24) is 14.9 Å². The van der Waals surface area contributed by atoms with E-state index in [4.69, 9.17) is 12.2 Å². The molecule has 0 aliphatic carbocycles. The molecular weight excluding hydrogens is 292 g/mol. The molecule has 22 heavy (non-hydrogen) atoms. The molecule has 110 valence electrons. The van der Waals surface area contributed by atoms with Gasteiger partial charge in [-0.1, -0.05) is 59.7 Å². The van der Waals surface area contributed by atoms with Crippen LogP contribution in [0.5, 0.6) is 0 Å². The van der Waals surface area contributed by atoms with Crippen LogP contribution in [0.4, 0.5) is 0 Å². The summed E-state index contributed by atoms with van der Waals surface area (Å²) in [4.78, 5) is 0. The fourth-order valence-corrected chi connectivity index (χ4v) is 2.24. The number of aromatic nitrogens is 3. The Balaban J connectivity index is 1.97. The smallest absolute Gasteiger partial charge is 0.216 e. The van der Waals surface area contributed by atoms with Gasteiger partial charge in [0, 0.05) is 5.56 Å². The van der Waals surface area contributed by atoms with E-state index in [-0.39, 0.29) is 0 Å². The topological polar surface area (TPSA) is 46.0 Å². The predicted octanol–water partition coefficient (Wildman–Crippen LogP) is 4.11. The van der Waals surface area contributed by atoms with Crippen LogP contribution in [0.2, 0.25) is 0 Å². The molecule has 0 unspecified atom stereocenters. The van der Waals surface area contributed by atoms with Crippen molar-refractivity contribution in [3.8, 4) is 11.4 Å². The van der Waals surface area contributed by atoms with Crippen LogP contribution >= 0.6 is 12.2 Å². The minimum atomic E-state index is 0.471. The summed E-state index contributed by atoms with van der Waals surface area (Å²) >= 11 is 5.27. The summed E-state index contributed by atoms with van der Waals surface area (Å²) in [6.07, 6.45) is 1.78. The van der Waals surface area contributed by atoms with E-state index >= 15 is 0 Å². The second-order valence-corrected chi connectivity index (χ2v) is 5.57. The van der Waals surface area contributed by atoms with Gasteiger partial charge in [-0.3, -0.25) is 0 Å². The van der Waals surface area contributed by atoms with E-state index in [1.807, 2.05) is 36.4 Å². The minimum absolute atomic E-state index is 0.471. The number of hydrogen-bond donors (Lipinski definition) is 1. The lowest BCUT2D eigenvalue weighted by Gasteiger charge is -2.01. The molecule has 0 fully saturated rings. The lowest BCUT2D eigenvalue weighted by atomic mass is 10.1. The Morgan fingerprint density at radius 1 is 1.00 bits per heavy atom.